The van der Waals surface area contributed by atoms with Gasteiger partial charge < -0.3 is 29.6 Å². The molecular weight excluding hydrogens is 709 g/mol. The number of halogens is 3. The maximum atomic E-state index is 13.8. The van der Waals surface area contributed by atoms with Crippen molar-refractivity contribution in [2.45, 2.75) is 13.2 Å². The van der Waals surface area contributed by atoms with Gasteiger partial charge in [-0.2, -0.15) is 0 Å². The summed E-state index contributed by atoms with van der Waals surface area (Å²) in [6.45, 7) is -0.0797. The number of aliphatic hydroxyl groups is 2. The van der Waals surface area contributed by atoms with Crippen molar-refractivity contribution >= 4 is 34.5 Å². The highest BCUT2D eigenvalue weighted by atomic mass is 19.2. The van der Waals surface area contributed by atoms with Gasteiger partial charge in [-0.05, 0) is 94.0 Å². The number of carbonyl (C=O) groups excluding carboxylic acids is 2. The second-order valence-electron chi connectivity index (χ2n) is 12.3. The molecule has 0 aliphatic heterocycles. The predicted molar refractivity (Wildman–Crippen MR) is 202 cm³/mol. The molecule has 0 saturated heterocycles. The quantitative estimate of drug-likeness (QED) is 0.125. The first-order valence-corrected chi connectivity index (χ1v) is 16.9. The first-order valence-electron chi connectivity index (χ1n) is 16.9. The molecule has 0 saturated carbocycles. The fourth-order valence-electron chi connectivity index (χ4n) is 5.78. The summed E-state index contributed by atoms with van der Waals surface area (Å²) in [6, 6.07) is 31.9. The van der Waals surface area contributed by atoms with Crippen molar-refractivity contribution in [2.24, 2.45) is 0 Å². The van der Waals surface area contributed by atoms with E-state index in [1.54, 1.807) is 45.5 Å². The topological polar surface area (TPSA) is 133 Å². The Hall–Kier alpha value is -7.09. The van der Waals surface area contributed by atoms with Gasteiger partial charge in [-0.3, -0.25) is 9.59 Å². The van der Waals surface area contributed by atoms with E-state index >= 15 is 0 Å². The fraction of sp³-hybridized carbons (Fsp3) is 0.0476. The summed E-state index contributed by atoms with van der Waals surface area (Å²) in [4.78, 5) is 33.3. The number of aliphatic hydroxyl groups excluding tert-OH is 2. The summed E-state index contributed by atoms with van der Waals surface area (Å²) in [5, 5.41) is 23.5. The smallest absolute Gasteiger partial charge is 0.275 e. The summed E-state index contributed by atoms with van der Waals surface area (Å²) in [7, 11) is 0. The average Bonchev–Trinajstić information content (AvgIpc) is 3.85. The number of hydrogen-bond acceptors (Lipinski definition) is 6. The minimum Gasteiger partial charge on any atom is -0.392 e. The SMILES string of the molecule is O=C(Nc1cccc(F)c1F)c1cn2cc(-c3cccc(CO)c3)ccc2n1.O=C(Nc1ccccc1F)c1cn2cc(-c3cccc(CO)c3)ccc2n1. The van der Waals surface area contributed by atoms with E-state index in [9.17, 15) is 33.0 Å². The molecule has 0 unspecified atom stereocenters. The number of hydrogen-bond donors (Lipinski definition) is 4. The second kappa shape index (κ2) is 15.9. The first-order chi connectivity index (χ1) is 26.7. The van der Waals surface area contributed by atoms with Crippen molar-refractivity contribution in [3.63, 3.8) is 0 Å². The molecule has 274 valence electrons. The zero-order chi connectivity index (χ0) is 38.5. The molecular formula is C42H31F3N6O4. The van der Waals surface area contributed by atoms with E-state index in [0.29, 0.717) is 11.3 Å². The van der Waals surface area contributed by atoms with Gasteiger partial charge in [-0.15, -0.1) is 0 Å². The number of para-hydroxylation sites is 1. The molecule has 0 aliphatic rings. The summed E-state index contributed by atoms with van der Waals surface area (Å²) in [5.41, 5.74) is 6.56. The van der Waals surface area contributed by atoms with Crippen molar-refractivity contribution in [3.8, 4) is 22.3 Å². The van der Waals surface area contributed by atoms with E-state index in [1.807, 2.05) is 66.9 Å². The van der Waals surface area contributed by atoms with Gasteiger partial charge in [0.25, 0.3) is 11.8 Å². The van der Waals surface area contributed by atoms with Crippen LogP contribution in [0.1, 0.15) is 32.1 Å². The minimum absolute atomic E-state index is 0.0263. The Kier molecular flexibility index (Phi) is 10.5. The van der Waals surface area contributed by atoms with Crippen molar-refractivity contribution in [3.05, 3.63) is 180 Å². The van der Waals surface area contributed by atoms with E-state index in [2.05, 4.69) is 20.6 Å². The Bertz CT molecular complexity index is 2690. The zero-order valence-electron chi connectivity index (χ0n) is 28.8. The van der Waals surface area contributed by atoms with Crippen LogP contribution in [0, 0.1) is 17.5 Å². The predicted octanol–water partition coefficient (Wildman–Crippen LogP) is 7.91. The van der Waals surface area contributed by atoms with Gasteiger partial charge in [-0.25, -0.2) is 23.1 Å². The van der Waals surface area contributed by atoms with Gasteiger partial charge in [0.2, 0.25) is 0 Å². The molecule has 2 amide bonds. The van der Waals surface area contributed by atoms with E-state index in [0.717, 1.165) is 39.4 Å². The molecule has 10 nitrogen and oxygen atoms in total. The van der Waals surface area contributed by atoms with Crippen LogP contribution in [0.2, 0.25) is 0 Å². The van der Waals surface area contributed by atoms with Crippen LogP contribution < -0.4 is 10.6 Å². The van der Waals surface area contributed by atoms with Gasteiger partial charge in [-0.1, -0.05) is 54.6 Å². The molecule has 55 heavy (non-hydrogen) atoms. The van der Waals surface area contributed by atoms with Crippen LogP contribution in [0.4, 0.5) is 24.5 Å². The van der Waals surface area contributed by atoms with Crippen LogP contribution in [0.15, 0.2) is 140 Å². The second-order valence-corrected chi connectivity index (χ2v) is 12.3. The molecule has 0 bridgehead atoms. The number of fused-ring (bicyclic) bond motifs is 2. The van der Waals surface area contributed by atoms with Crippen LogP contribution in [0.3, 0.4) is 0 Å². The highest BCUT2D eigenvalue weighted by Gasteiger charge is 2.16. The van der Waals surface area contributed by atoms with E-state index in [1.165, 1.54) is 30.5 Å². The van der Waals surface area contributed by atoms with Crippen LogP contribution in [-0.4, -0.2) is 40.8 Å². The minimum atomic E-state index is -1.12. The molecule has 8 aromatic rings. The maximum Gasteiger partial charge on any atom is 0.275 e. The third-order valence-corrected chi connectivity index (χ3v) is 8.58. The molecule has 13 heteroatoms. The molecule has 0 aliphatic carbocycles. The number of nitrogens with one attached hydrogen (secondary N) is 2. The highest BCUT2D eigenvalue weighted by Crippen LogP contribution is 2.24. The van der Waals surface area contributed by atoms with E-state index < -0.39 is 29.3 Å². The van der Waals surface area contributed by atoms with Gasteiger partial charge >= 0.3 is 0 Å². The number of pyridine rings is 2. The first kappa shape index (κ1) is 36.3. The maximum absolute atomic E-state index is 13.8. The number of imidazole rings is 2. The molecule has 0 spiro atoms. The summed E-state index contributed by atoms with van der Waals surface area (Å²) >= 11 is 0. The molecule has 0 radical (unpaired) electrons. The fourth-order valence-corrected chi connectivity index (χ4v) is 5.78. The number of benzene rings is 4. The summed E-state index contributed by atoms with van der Waals surface area (Å²) in [5.74, 6) is -3.78. The molecule has 8 rings (SSSR count). The number of anilines is 2. The Morgan fingerprint density at radius 2 is 1.00 bits per heavy atom. The van der Waals surface area contributed by atoms with E-state index in [-0.39, 0.29) is 36.0 Å². The number of carbonyl (C=O) groups is 2. The van der Waals surface area contributed by atoms with Crippen molar-refractivity contribution in [2.75, 3.05) is 10.6 Å². The van der Waals surface area contributed by atoms with Crippen LogP contribution in [-0.2, 0) is 13.2 Å². The standard InChI is InChI=1S/C21H15F2N3O2.C21H16FN3O2/c22-16-5-2-6-17(20(16)23)25-21(28)18-11-26-10-15(7-8-19(26)24-18)14-4-1-3-13(9-14)12-27;22-17-6-1-2-7-18(17)24-21(27)19-12-25-11-16(8-9-20(25)23-19)15-5-3-4-14(10-15)13-26/h1-11,27H,12H2,(H,25,28);1-12,26H,13H2,(H,24,27). The number of nitrogens with zero attached hydrogens (tertiary/aromatic N) is 4. The normalized spacial score (nSPS) is 10.9. The lowest BCUT2D eigenvalue weighted by Gasteiger charge is -2.04. The molecule has 4 aromatic heterocycles. The lowest BCUT2D eigenvalue weighted by Crippen LogP contribution is -2.13. The molecule has 0 atom stereocenters. The number of aromatic nitrogens is 4. The number of rotatable bonds is 8. The number of amides is 2. The van der Waals surface area contributed by atoms with Crippen LogP contribution >= 0.6 is 0 Å². The van der Waals surface area contributed by atoms with Gasteiger partial charge in [0, 0.05) is 24.8 Å². The van der Waals surface area contributed by atoms with Gasteiger partial charge in [0.15, 0.2) is 11.6 Å². The zero-order valence-corrected chi connectivity index (χ0v) is 28.8. The Morgan fingerprint density at radius 1 is 0.527 bits per heavy atom. The van der Waals surface area contributed by atoms with Crippen molar-refractivity contribution in [1.82, 2.24) is 18.8 Å². The van der Waals surface area contributed by atoms with Crippen molar-refractivity contribution in [1.29, 1.82) is 0 Å². The van der Waals surface area contributed by atoms with Gasteiger partial charge in [0.05, 0.1) is 24.6 Å². The molecule has 0 fully saturated rings. The largest absolute Gasteiger partial charge is 0.392 e. The Balaban J connectivity index is 0.000000169. The highest BCUT2D eigenvalue weighted by molar-refractivity contribution is 6.04. The van der Waals surface area contributed by atoms with Crippen LogP contribution in [0.25, 0.3) is 33.5 Å². The monoisotopic (exact) mass is 740 g/mol. The third-order valence-electron chi connectivity index (χ3n) is 8.58. The lowest BCUT2D eigenvalue weighted by atomic mass is 10.1. The van der Waals surface area contributed by atoms with Crippen LogP contribution in [0.5, 0.6) is 0 Å². The molecule has 4 aromatic carbocycles. The lowest BCUT2D eigenvalue weighted by molar-refractivity contribution is 0.101. The Morgan fingerprint density at radius 3 is 1.53 bits per heavy atom. The summed E-state index contributed by atoms with van der Waals surface area (Å²) in [6.07, 6.45) is 6.78. The Labute approximate surface area is 311 Å². The van der Waals surface area contributed by atoms with Crippen molar-refractivity contribution < 1.29 is 33.0 Å². The molecule has 4 N–H and O–H groups in total. The average molecular weight is 741 g/mol. The summed E-state index contributed by atoms with van der Waals surface area (Å²) < 4.78 is 44.2. The third kappa shape index (κ3) is 8.13. The molecule has 4 heterocycles. The van der Waals surface area contributed by atoms with Gasteiger partial charge in [0.1, 0.15) is 28.5 Å². The van der Waals surface area contributed by atoms with E-state index in [4.69, 9.17) is 0 Å².